The molecule has 4 rings (SSSR count). The van der Waals surface area contributed by atoms with Crippen molar-refractivity contribution < 1.29 is 0 Å². The topological polar surface area (TPSA) is 42.7 Å². The van der Waals surface area contributed by atoms with E-state index in [0.29, 0.717) is 0 Å². The highest BCUT2D eigenvalue weighted by atomic mass is 32.2. The molecular formula is C20H20N4S. The minimum absolute atomic E-state index is 0.139. The molecule has 0 atom stereocenters. The highest BCUT2D eigenvalue weighted by molar-refractivity contribution is 8.02. The van der Waals surface area contributed by atoms with Crippen molar-refractivity contribution in [3.63, 3.8) is 0 Å². The summed E-state index contributed by atoms with van der Waals surface area (Å²) in [5, 5.41) is 11.6. The molecule has 0 saturated carbocycles. The zero-order valence-corrected chi connectivity index (χ0v) is 15.3. The summed E-state index contributed by atoms with van der Waals surface area (Å²) in [6, 6.07) is 18.8. The van der Waals surface area contributed by atoms with Crippen LogP contribution in [0, 0.1) is 0 Å². The fourth-order valence-corrected chi connectivity index (χ4v) is 3.50. The lowest BCUT2D eigenvalue weighted by Gasteiger charge is -2.20. The maximum Gasteiger partial charge on any atom is 0.214 e. The van der Waals surface area contributed by atoms with Gasteiger partial charge in [-0.05, 0) is 16.5 Å². The first-order valence-corrected chi connectivity index (χ1v) is 9.16. The molecule has 1 aliphatic rings. The van der Waals surface area contributed by atoms with Gasteiger partial charge in [-0.2, -0.15) is 0 Å². The lowest BCUT2D eigenvalue weighted by atomic mass is 9.87. The van der Waals surface area contributed by atoms with Crippen LogP contribution in [0.15, 0.2) is 65.2 Å². The van der Waals surface area contributed by atoms with Gasteiger partial charge in [-0.15, -0.1) is 10.2 Å². The average Bonchev–Trinajstić information content (AvgIpc) is 3.05. The number of aromatic nitrogens is 3. The molecule has 1 N–H and O–H groups in total. The number of nitrogens with one attached hydrogen (secondary N) is 1. The predicted octanol–water partition coefficient (Wildman–Crippen LogP) is 4.89. The molecule has 0 spiro atoms. The second-order valence-electron chi connectivity index (χ2n) is 7.10. The van der Waals surface area contributed by atoms with Crippen LogP contribution in [0.25, 0.3) is 17.1 Å². The first kappa shape index (κ1) is 16.0. The Balaban J connectivity index is 1.66. The van der Waals surface area contributed by atoms with Crippen LogP contribution in [-0.2, 0) is 5.41 Å². The fraction of sp³-hybridized carbons (Fsp3) is 0.200. The maximum atomic E-state index is 4.38. The summed E-state index contributed by atoms with van der Waals surface area (Å²) in [5.74, 6) is 0.824. The Hall–Kier alpha value is -2.53. The van der Waals surface area contributed by atoms with E-state index in [1.54, 1.807) is 11.8 Å². The first-order valence-electron chi connectivity index (χ1n) is 8.28. The molecule has 126 valence electrons. The summed E-state index contributed by atoms with van der Waals surface area (Å²) in [4.78, 5) is 0. The van der Waals surface area contributed by atoms with Gasteiger partial charge in [0.25, 0.3) is 0 Å². The number of nitrogens with zero attached hydrogens (tertiary/aromatic N) is 3. The second-order valence-corrected chi connectivity index (χ2v) is 7.93. The molecule has 2 heterocycles. The molecule has 0 unspecified atom stereocenters. The molecule has 0 bridgehead atoms. The van der Waals surface area contributed by atoms with Gasteiger partial charge in [0.15, 0.2) is 5.82 Å². The van der Waals surface area contributed by atoms with Crippen LogP contribution < -0.4 is 5.43 Å². The van der Waals surface area contributed by atoms with Crippen LogP contribution in [-0.4, -0.2) is 14.9 Å². The molecule has 0 saturated heterocycles. The molecule has 0 radical (unpaired) electrons. The molecule has 1 aromatic heterocycles. The van der Waals surface area contributed by atoms with E-state index in [0.717, 1.165) is 27.8 Å². The average molecular weight is 348 g/mol. The number of hydrogen-bond acceptors (Lipinski definition) is 4. The van der Waals surface area contributed by atoms with E-state index in [-0.39, 0.29) is 5.41 Å². The molecular weight excluding hydrogens is 328 g/mol. The monoisotopic (exact) mass is 348 g/mol. The fourth-order valence-electron chi connectivity index (χ4n) is 2.76. The Labute approximate surface area is 152 Å². The Bertz CT molecular complexity index is 919. The standard InChI is InChI=1S/C20H20N4S/c1-20(2,3)16-11-9-15(10-12-16)18-21-22-19-24(18)23-17(13-25-19)14-7-5-4-6-8-14/h4-13,23H,1-3H3. The normalized spacial score (nSPS) is 13.8. The van der Waals surface area contributed by atoms with Crippen molar-refractivity contribution in [1.29, 1.82) is 0 Å². The molecule has 0 amide bonds. The largest absolute Gasteiger partial charge is 0.289 e. The van der Waals surface area contributed by atoms with E-state index < -0.39 is 0 Å². The highest BCUT2D eigenvalue weighted by Crippen LogP contribution is 2.32. The molecule has 25 heavy (non-hydrogen) atoms. The minimum atomic E-state index is 0.139. The van der Waals surface area contributed by atoms with Crippen LogP contribution in [0.4, 0.5) is 0 Å². The van der Waals surface area contributed by atoms with Gasteiger partial charge < -0.3 is 0 Å². The lowest BCUT2D eigenvalue weighted by molar-refractivity contribution is 0.590. The molecule has 3 aromatic rings. The zero-order valence-electron chi connectivity index (χ0n) is 14.5. The van der Waals surface area contributed by atoms with E-state index >= 15 is 0 Å². The maximum absolute atomic E-state index is 4.38. The van der Waals surface area contributed by atoms with Crippen LogP contribution in [0.2, 0.25) is 0 Å². The summed E-state index contributed by atoms with van der Waals surface area (Å²) in [5.41, 5.74) is 8.12. The smallest absolute Gasteiger partial charge is 0.214 e. The van der Waals surface area contributed by atoms with Crippen molar-refractivity contribution in [2.75, 3.05) is 5.43 Å². The molecule has 2 aromatic carbocycles. The van der Waals surface area contributed by atoms with E-state index in [1.807, 2.05) is 22.9 Å². The van der Waals surface area contributed by atoms with E-state index in [9.17, 15) is 0 Å². The van der Waals surface area contributed by atoms with Crippen LogP contribution in [0.5, 0.6) is 0 Å². The van der Waals surface area contributed by atoms with Crippen molar-refractivity contribution >= 4 is 17.5 Å². The third-order valence-corrected chi connectivity index (χ3v) is 5.07. The summed E-state index contributed by atoms with van der Waals surface area (Å²) >= 11 is 1.58. The van der Waals surface area contributed by atoms with Crippen molar-refractivity contribution in [2.45, 2.75) is 31.3 Å². The first-order chi connectivity index (χ1) is 12.0. The number of thioether (sulfide) groups is 1. The van der Waals surface area contributed by atoms with Crippen molar-refractivity contribution in [3.05, 3.63) is 71.1 Å². The summed E-state index contributed by atoms with van der Waals surface area (Å²) in [6.45, 7) is 6.65. The van der Waals surface area contributed by atoms with Gasteiger partial charge in [0.1, 0.15) is 0 Å². The number of fused-ring (bicyclic) bond motifs is 1. The number of benzene rings is 2. The number of rotatable bonds is 2. The summed E-state index contributed by atoms with van der Waals surface area (Å²) in [6.07, 6.45) is 0. The zero-order chi connectivity index (χ0) is 17.4. The van der Waals surface area contributed by atoms with Gasteiger partial charge in [0.05, 0.1) is 5.70 Å². The van der Waals surface area contributed by atoms with Crippen molar-refractivity contribution in [2.24, 2.45) is 0 Å². The second kappa shape index (κ2) is 6.08. The molecule has 0 aliphatic carbocycles. The summed E-state index contributed by atoms with van der Waals surface area (Å²) in [7, 11) is 0. The summed E-state index contributed by atoms with van der Waals surface area (Å²) < 4.78 is 1.96. The highest BCUT2D eigenvalue weighted by Gasteiger charge is 2.20. The quantitative estimate of drug-likeness (QED) is 0.716. The van der Waals surface area contributed by atoms with Crippen LogP contribution in [0.3, 0.4) is 0 Å². The third kappa shape index (κ3) is 3.07. The van der Waals surface area contributed by atoms with Crippen molar-refractivity contribution in [3.8, 4) is 11.4 Å². The minimum Gasteiger partial charge on any atom is -0.289 e. The predicted molar refractivity (Wildman–Crippen MR) is 104 cm³/mol. The Morgan fingerprint density at radius 3 is 2.28 bits per heavy atom. The SMILES string of the molecule is CC(C)(C)c1ccc(-c2nnc3n2NC(c2ccccc2)=CS3)cc1. The van der Waals surface area contributed by atoms with E-state index in [4.69, 9.17) is 0 Å². The molecule has 0 fully saturated rings. The van der Waals surface area contributed by atoms with Gasteiger partial charge in [0.2, 0.25) is 5.16 Å². The third-order valence-electron chi connectivity index (χ3n) is 4.24. The number of hydrogen-bond donors (Lipinski definition) is 1. The van der Waals surface area contributed by atoms with Gasteiger partial charge in [0, 0.05) is 11.0 Å². The van der Waals surface area contributed by atoms with Gasteiger partial charge >= 0.3 is 0 Å². The lowest BCUT2D eigenvalue weighted by Crippen LogP contribution is -2.18. The van der Waals surface area contributed by atoms with E-state index in [2.05, 4.69) is 78.2 Å². The van der Waals surface area contributed by atoms with Gasteiger partial charge in [-0.25, -0.2) is 4.68 Å². The Kier molecular flexibility index (Phi) is 3.88. The van der Waals surface area contributed by atoms with Gasteiger partial charge in [-0.1, -0.05) is 87.1 Å². The molecule has 5 heteroatoms. The Morgan fingerprint density at radius 2 is 1.60 bits per heavy atom. The van der Waals surface area contributed by atoms with Crippen LogP contribution in [0.1, 0.15) is 31.9 Å². The van der Waals surface area contributed by atoms with Crippen LogP contribution >= 0.6 is 11.8 Å². The van der Waals surface area contributed by atoms with Crippen molar-refractivity contribution in [1.82, 2.24) is 14.9 Å². The molecule has 4 nitrogen and oxygen atoms in total. The molecule has 1 aliphatic heterocycles. The van der Waals surface area contributed by atoms with Gasteiger partial charge in [-0.3, -0.25) is 5.43 Å². The Morgan fingerprint density at radius 1 is 0.880 bits per heavy atom. The van der Waals surface area contributed by atoms with E-state index in [1.165, 1.54) is 5.56 Å².